The zero-order valence-electron chi connectivity index (χ0n) is 20.7. The maximum atomic E-state index is 6.43. The number of nitrogens with one attached hydrogen (secondary N) is 1. The van der Waals surface area contributed by atoms with Crippen LogP contribution >= 0.6 is 11.6 Å². The summed E-state index contributed by atoms with van der Waals surface area (Å²) in [5.74, 6) is 2.97. The van der Waals surface area contributed by atoms with Crippen LogP contribution in [-0.4, -0.2) is 42.3 Å². The first-order chi connectivity index (χ1) is 17.5. The fourth-order valence-corrected chi connectivity index (χ4v) is 5.05. The van der Waals surface area contributed by atoms with Crippen LogP contribution in [0, 0.1) is 0 Å². The van der Waals surface area contributed by atoms with Gasteiger partial charge in [-0.3, -0.25) is 0 Å². The third kappa shape index (κ3) is 5.09. The Balaban J connectivity index is 1.51. The molecule has 2 unspecified atom stereocenters. The fourth-order valence-electron chi connectivity index (χ4n) is 4.87. The van der Waals surface area contributed by atoms with Gasteiger partial charge in [0.25, 0.3) is 0 Å². The van der Waals surface area contributed by atoms with E-state index in [0.717, 1.165) is 35.9 Å². The molecule has 36 heavy (non-hydrogen) atoms. The number of anilines is 4. The number of halogens is 1. The van der Waals surface area contributed by atoms with Crippen LogP contribution in [0.1, 0.15) is 13.8 Å². The Morgan fingerprint density at radius 1 is 0.861 bits per heavy atom. The van der Waals surface area contributed by atoms with Gasteiger partial charge in [-0.15, -0.1) is 0 Å². The summed E-state index contributed by atoms with van der Waals surface area (Å²) in [6, 6.07) is 28.7. The molecule has 0 aliphatic carbocycles. The van der Waals surface area contributed by atoms with Crippen molar-refractivity contribution in [2.45, 2.75) is 25.9 Å². The number of benzene rings is 3. The van der Waals surface area contributed by atoms with Crippen molar-refractivity contribution in [1.29, 1.82) is 0 Å². The standard InChI is InChI=1S/C29H30ClN5O/c1-20-18-34(19-21(2)35(20)23-11-5-4-6-12-23)28-17-27(31-26-15-8-7-14-25(26)30)32-29(33-28)22-10-9-13-24(16-22)36-3/h4-17,20-21H,18-19H2,1-3H3,(H,31,32,33). The van der Waals surface area contributed by atoms with Gasteiger partial charge >= 0.3 is 0 Å². The van der Waals surface area contributed by atoms with Gasteiger partial charge in [0.2, 0.25) is 0 Å². The number of hydrogen-bond acceptors (Lipinski definition) is 6. The zero-order chi connectivity index (χ0) is 25.1. The monoisotopic (exact) mass is 499 g/mol. The number of aromatic nitrogens is 2. The van der Waals surface area contributed by atoms with Crippen molar-refractivity contribution in [3.05, 3.63) is 90.0 Å². The predicted octanol–water partition coefficient (Wildman–Crippen LogP) is 6.65. The number of para-hydroxylation sites is 2. The third-order valence-electron chi connectivity index (χ3n) is 6.47. The van der Waals surface area contributed by atoms with E-state index in [0.29, 0.717) is 28.7 Å². The van der Waals surface area contributed by atoms with Gasteiger partial charge in [-0.05, 0) is 50.2 Å². The molecule has 1 saturated heterocycles. The molecular formula is C29H30ClN5O. The van der Waals surface area contributed by atoms with E-state index < -0.39 is 0 Å². The molecule has 0 spiro atoms. The van der Waals surface area contributed by atoms with Gasteiger partial charge in [0.05, 0.1) is 17.8 Å². The van der Waals surface area contributed by atoms with Crippen LogP contribution in [0.4, 0.5) is 23.0 Å². The smallest absolute Gasteiger partial charge is 0.164 e. The highest BCUT2D eigenvalue weighted by atomic mass is 35.5. The van der Waals surface area contributed by atoms with E-state index in [-0.39, 0.29) is 0 Å². The molecule has 1 fully saturated rings. The van der Waals surface area contributed by atoms with Crippen molar-refractivity contribution in [3.8, 4) is 17.1 Å². The van der Waals surface area contributed by atoms with Gasteiger partial charge in [0.1, 0.15) is 17.4 Å². The second kappa shape index (κ2) is 10.5. The number of methoxy groups -OCH3 is 1. The molecule has 0 radical (unpaired) electrons. The molecule has 1 aliphatic rings. The fraction of sp³-hybridized carbons (Fsp3) is 0.241. The summed E-state index contributed by atoms with van der Waals surface area (Å²) in [5.41, 5.74) is 2.94. The Labute approximate surface area is 217 Å². The quantitative estimate of drug-likeness (QED) is 0.320. The molecule has 1 N–H and O–H groups in total. The number of hydrogen-bond donors (Lipinski definition) is 1. The van der Waals surface area contributed by atoms with Gasteiger partial charge in [-0.1, -0.05) is 54.1 Å². The minimum Gasteiger partial charge on any atom is -0.497 e. The Hall–Kier alpha value is -3.77. The lowest BCUT2D eigenvalue weighted by Gasteiger charge is -2.46. The van der Waals surface area contributed by atoms with E-state index in [1.807, 2.05) is 54.6 Å². The number of rotatable bonds is 6. The van der Waals surface area contributed by atoms with Gasteiger partial charge < -0.3 is 19.9 Å². The largest absolute Gasteiger partial charge is 0.497 e. The van der Waals surface area contributed by atoms with Gasteiger partial charge in [0.15, 0.2) is 5.82 Å². The molecule has 0 saturated carbocycles. The molecule has 7 heteroatoms. The minimum atomic E-state index is 0.311. The first-order valence-electron chi connectivity index (χ1n) is 12.1. The second-order valence-corrected chi connectivity index (χ2v) is 9.52. The highest BCUT2D eigenvalue weighted by molar-refractivity contribution is 6.33. The summed E-state index contributed by atoms with van der Waals surface area (Å²) in [7, 11) is 1.66. The molecule has 0 amide bonds. The average Bonchev–Trinajstić information content (AvgIpc) is 2.90. The summed E-state index contributed by atoms with van der Waals surface area (Å²) >= 11 is 6.43. The van der Waals surface area contributed by atoms with E-state index in [2.05, 4.69) is 59.3 Å². The lowest BCUT2D eigenvalue weighted by molar-refractivity contribution is 0.415. The summed E-state index contributed by atoms with van der Waals surface area (Å²) < 4.78 is 5.44. The molecule has 1 aliphatic heterocycles. The third-order valence-corrected chi connectivity index (χ3v) is 6.80. The van der Waals surface area contributed by atoms with Crippen LogP contribution < -0.4 is 19.9 Å². The summed E-state index contributed by atoms with van der Waals surface area (Å²) in [6.07, 6.45) is 0. The van der Waals surface area contributed by atoms with E-state index >= 15 is 0 Å². The number of nitrogens with zero attached hydrogens (tertiary/aromatic N) is 4. The Morgan fingerprint density at radius 2 is 1.58 bits per heavy atom. The molecule has 6 nitrogen and oxygen atoms in total. The van der Waals surface area contributed by atoms with Crippen LogP contribution in [0.5, 0.6) is 5.75 Å². The van der Waals surface area contributed by atoms with E-state index in [9.17, 15) is 0 Å². The molecule has 184 valence electrons. The molecule has 2 heterocycles. The van der Waals surface area contributed by atoms with Gasteiger partial charge in [-0.2, -0.15) is 0 Å². The summed E-state index contributed by atoms with van der Waals surface area (Å²) in [6.45, 7) is 6.23. The van der Waals surface area contributed by atoms with Crippen LogP contribution in [-0.2, 0) is 0 Å². The number of piperazine rings is 1. The van der Waals surface area contributed by atoms with Crippen LogP contribution in [0.15, 0.2) is 84.9 Å². The van der Waals surface area contributed by atoms with Crippen molar-refractivity contribution in [1.82, 2.24) is 9.97 Å². The van der Waals surface area contributed by atoms with Gasteiger partial charge in [-0.25, -0.2) is 9.97 Å². The maximum absolute atomic E-state index is 6.43. The first kappa shape index (κ1) is 23.9. The van der Waals surface area contributed by atoms with E-state index in [1.54, 1.807) is 7.11 Å². The molecular weight excluding hydrogens is 470 g/mol. The Morgan fingerprint density at radius 3 is 2.31 bits per heavy atom. The Kier molecular flexibility index (Phi) is 6.96. The molecule has 4 aromatic rings. The molecule has 3 aromatic carbocycles. The van der Waals surface area contributed by atoms with Crippen LogP contribution in [0.2, 0.25) is 5.02 Å². The highest BCUT2D eigenvalue weighted by Crippen LogP contribution is 2.32. The molecule has 2 atom stereocenters. The van der Waals surface area contributed by atoms with E-state index in [1.165, 1.54) is 5.69 Å². The molecule has 0 bridgehead atoms. The highest BCUT2D eigenvalue weighted by Gasteiger charge is 2.30. The lowest BCUT2D eigenvalue weighted by atomic mass is 10.1. The number of ether oxygens (including phenoxy) is 1. The lowest BCUT2D eigenvalue weighted by Crippen LogP contribution is -2.57. The topological polar surface area (TPSA) is 53.5 Å². The normalized spacial score (nSPS) is 17.7. The summed E-state index contributed by atoms with van der Waals surface area (Å²) in [5, 5.41) is 4.03. The average molecular weight is 500 g/mol. The van der Waals surface area contributed by atoms with Crippen LogP contribution in [0.25, 0.3) is 11.4 Å². The summed E-state index contributed by atoms with van der Waals surface area (Å²) in [4.78, 5) is 14.7. The van der Waals surface area contributed by atoms with Crippen molar-refractivity contribution >= 4 is 34.6 Å². The maximum Gasteiger partial charge on any atom is 0.164 e. The minimum absolute atomic E-state index is 0.311. The second-order valence-electron chi connectivity index (χ2n) is 9.12. The SMILES string of the molecule is COc1cccc(-c2nc(Nc3ccccc3Cl)cc(N3CC(C)N(c4ccccc4)C(C)C3)n2)c1. The van der Waals surface area contributed by atoms with Crippen LogP contribution in [0.3, 0.4) is 0 Å². The predicted molar refractivity (Wildman–Crippen MR) is 149 cm³/mol. The van der Waals surface area contributed by atoms with Crippen molar-refractivity contribution in [2.24, 2.45) is 0 Å². The zero-order valence-corrected chi connectivity index (χ0v) is 21.5. The van der Waals surface area contributed by atoms with Gasteiger partial charge in [0, 0.05) is 42.5 Å². The van der Waals surface area contributed by atoms with Crippen molar-refractivity contribution in [3.63, 3.8) is 0 Å². The van der Waals surface area contributed by atoms with Crippen molar-refractivity contribution < 1.29 is 4.74 Å². The van der Waals surface area contributed by atoms with Crippen molar-refractivity contribution in [2.75, 3.05) is 35.3 Å². The molecule has 1 aromatic heterocycles. The van der Waals surface area contributed by atoms with E-state index in [4.69, 9.17) is 26.3 Å². The first-order valence-corrected chi connectivity index (χ1v) is 12.5. The molecule has 5 rings (SSSR count). The Bertz CT molecular complexity index is 1320.